The van der Waals surface area contributed by atoms with E-state index in [1.807, 2.05) is 6.08 Å². The van der Waals surface area contributed by atoms with E-state index in [9.17, 15) is 19.8 Å². The molecule has 122 valence electrons. The lowest BCUT2D eigenvalue weighted by Gasteiger charge is -2.44. The molecule has 1 aliphatic carbocycles. The smallest absolute Gasteiger partial charge is 0.209 e. The molecule has 0 saturated carbocycles. The molecule has 0 bridgehead atoms. The van der Waals surface area contributed by atoms with Gasteiger partial charge in [0.1, 0.15) is 0 Å². The van der Waals surface area contributed by atoms with Crippen molar-refractivity contribution in [2.24, 2.45) is 11.8 Å². The molecule has 23 heavy (non-hydrogen) atoms. The van der Waals surface area contributed by atoms with Crippen molar-refractivity contribution in [1.82, 2.24) is 4.90 Å². The summed E-state index contributed by atoms with van der Waals surface area (Å²) < 4.78 is 0. The second kappa shape index (κ2) is 6.24. The largest absolute Gasteiger partial charge is 0.504 e. The fraction of sp³-hybridized carbons (Fsp3) is 0.412. The Morgan fingerprint density at radius 2 is 2.04 bits per heavy atom. The van der Waals surface area contributed by atoms with Gasteiger partial charge in [-0.15, -0.1) is 0 Å². The van der Waals surface area contributed by atoms with Crippen LogP contribution >= 0.6 is 11.6 Å². The van der Waals surface area contributed by atoms with Crippen molar-refractivity contribution < 1.29 is 19.8 Å². The van der Waals surface area contributed by atoms with E-state index in [2.05, 4.69) is 0 Å². The van der Waals surface area contributed by atoms with Gasteiger partial charge in [-0.3, -0.25) is 9.59 Å². The summed E-state index contributed by atoms with van der Waals surface area (Å²) in [6, 6.07) is 2.62. The third kappa shape index (κ3) is 3.06. The van der Waals surface area contributed by atoms with Crippen LogP contribution in [0, 0.1) is 11.8 Å². The monoisotopic (exact) mass is 335 g/mol. The van der Waals surface area contributed by atoms with Gasteiger partial charge in [-0.25, -0.2) is 0 Å². The van der Waals surface area contributed by atoms with Crippen molar-refractivity contribution in [3.8, 4) is 11.5 Å². The third-order valence-corrected chi connectivity index (χ3v) is 5.20. The highest BCUT2D eigenvalue weighted by molar-refractivity contribution is 6.31. The summed E-state index contributed by atoms with van der Waals surface area (Å²) in [7, 11) is 0. The number of amides is 1. The lowest BCUT2D eigenvalue weighted by atomic mass is 9.72. The van der Waals surface area contributed by atoms with Gasteiger partial charge in [-0.05, 0) is 36.5 Å². The maximum Gasteiger partial charge on any atom is 0.209 e. The predicted molar refractivity (Wildman–Crippen MR) is 85.4 cm³/mol. The molecule has 1 saturated heterocycles. The van der Waals surface area contributed by atoms with Crippen LogP contribution in [0.15, 0.2) is 24.3 Å². The molecule has 1 aromatic carbocycles. The zero-order chi connectivity index (χ0) is 16.6. The summed E-state index contributed by atoms with van der Waals surface area (Å²) in [4.78, 5) is 24.8. The Kier molecular flexibility index (Phi) is 4.31. The molecule has 2 unspecified atom stereocenters. The number of rotatable bonds is 3. The number of aromatic hydroxyl groups is 2. The molecule has 1 fully saturated rings. The van der Waals surface area contributed by atoms with Crippen molar-refractivity contribution in [2.75, 3.05) is 6.54 Å². The number of benzene rings is 1. The molecular weight excluding hydrogens is 318 g/mol. The molecule has 0 aromatic heterocycles. The summed E-state index contributed by atoms with van der Waals surface area (Å²) in [5, 5.41) is 19.5. The van der Waals surface area contributed by atoms with Crippen LogP contribution in [0.25, 0.3) is 0 Å². The first-order valence-corrected chi connectivity index (χ1v) is 8.00. The normalized spacial score (nSPS) is 26.9. The molecule has 3 rings (SSSR count). The number of likely N-dealkylation sites (tertiary alicyclic amines) is 1. The van der Waals surface area contributed by atoms with E-state index >= 15 is 0 Å². The van der Waals surface area contributed by atoms with E-state index in [1.54, 1.807) is 11.0 Å². The number of halogens is 1. The first kappa shape index (κ1) is 15.9. The number of phenols is 2. The van der Waals surface area contributed by atoms with Gasteiger partial charge in [0.25, 0.3) is 0 Å². The Bertz CT molecular complexity index is 673. The molecule has 0 spiro atoms. The number of phenolic OH excluding ortho intramolecular Hbond substituents is 2. The number of nitrogens with zero attached hydrogens (tertiary/aromatic N) is 1. The number of carbonyl (C=O) groups excluding carboxylic acids is 2. The van der Waals surface area contributed by atoms with E-state index in [4.69, 9.17) is 11.6 Å². The fourth-order valence-electron chi connectivity index (χ4n) is 3.64. The lowest BCUT2D eigenvalue weighted by molar-refractivity contribution is -0.124. The topological polar surface area (TPSA) is 77.8 Å². The van der Waals surface area contributed by atoms with Gasteiger partial charge in [0.15, 0.2) is 17.3 Å². The first-order chi connectivity index (χ1) is 11.0. The highest BCUT2D eigenvalue weighted by Gasteiger charge is 2.38. The summed E-state index contributed by atoms with van der Waals surface area (Å²) in [5.41, 5.74) is 0.671. The molecule has 1 aromatic rings. The van der Waals surface area contributed by atoms with Crippen molar-refractivity contribution in [2.45, 2.75) is 25.3 Å². The van der Waals surface area contributed by atoms with Gasteiger partial charge in [-0.1, -0.05) is 17.7 Å². The van der Waals surface area contributed by atoms with Gasteiger partial charge in [0, 0.05) is 36.0 Å². The third-order valence-electron chi connectivity index (χ3n) is 4.85. The highest BCUT2D eigenvalue weighted by atomic mass is 35.5. The van der Waals surface area contributed by atoms with Gasteiger partial charge in [0.05, 0.1) is 0 Å². The SMILES string of the molecule is O=CN1CCC2CC(=O)C=CC2[C@@H]1Cc1cc(O)c(O)cc1Cl. The number of fused-ring (bicyclic) bond motifs is 1. The summed E-state index contributed by atoms with van der Waals surface area (Å²) in [6.07, 6.45) is 6.11. The minimum atomic E-state index is -0.268. The molecular formula is C17H18ClNO4. The lowest BCUT2D eigenvalue weighted by Crippen LogP contribution is -2.50. The maximum absolute atomic E-state index is 11.6. The van der Waals surface area contributed by atoms with Gasteiger partial charge in [0.2, 0.25) is 6.41 Å². The predicted octanol–water partition coefficient (Wildman–Crippen LogP) is 2.29. The van der Waals surface area contributed by atoms with E-state index in [-0.39, 0.29) is 35.2 Å². The van der Waals surface area contributed by atoms with Crippen LogP contribution in [0.3, 0.4) is 0 Å². The van der Waals surface area contributed by atoms with Crippen LogP contribution in [0.4, 0.5) is 0 Å². The Labute approximate surface area is 139 Å². The van der Waals surface area contributed by atoms with E-state index in [1.165, 1.54) is 12.1 Å². The average molecular weight is 336 g/mol. The van der Waals surface area contributed by atoms with Crippen molar-refractivity contribution in [3.63, 3.8) is 0 Å². The van der Waals surface area contributed by atoms with Crippen LogP contribution in [-0.4, -0.2) is 39.9 Å². The number of allylic oxidation sites excluding steroid dienone is 1. The van der Waals surface area contributed by atoms with Gasteiger partial charge in [-0.2, -0.15) is 0 Å². The van der Waals surface area contributed by atoms with Crippen LogP contribution in [0.1, 0.15) is 18.4 Å². The van der Waals surface area contributed by atoms with Crippen LogP contribution in [-0.2, 0) is 16.0 Å². The second-order valence-electron chi connectivity index (χ2n) is 6.20. The molecule has 2 aliphatic rings. The van der Waals surface area contributed by atoms with Crippen LogP contribution in [0.2, 0.25) is 5.02 Å². The molecule has 0 radical (unpaired) electrons. The van der Waals surface area contributed by atoms with Crippen molar-refractivity contribution >= 4 is 23.8 Å². The Morgan fingerprint density at radius 1 is 1.30 bits per heavy atom. The Balaban J connectivity index is 1.91. The molecule has 3 atom stereocenters. The number of carbonyl (C=O) groups is 2. The zero-order valence-corrected chi connectivity index (χ0v) is 13.2. The second-order valence-corrected chi connectivity index (χ2v) is 6.61. The van der Waals surface area contributed by atoms with Gasteiger partial charge < -0.3 is 15.1 Å². The molecule has 1 aliphatic heterocycles. The van der Waals surface area contributed by atoms with E-state index in [0.29, 0.717) is 30.0 Å². The zero-order valence-electron chi connectivity index (χ0n) is 12.5. The molecule has 1 heterocycles. The molecule has 6 heteroatoms. The highest BCUT2D eigenvalue weighted by Crippen LogP contribution is 2.38. The van der Waals surface area contributed by atoms with Crippen LogP contribution < -0.4 is 0 Å². The first-order valence-electron chi connectivity index (χ1n) is 7.62. The van der Waals surface area contributed by atoms with E-state index in [0.717, 1.165) is 12.8 Å². The minimum absolute atomic E-state index is 0.0960. The number of piperidine rings is 1. The molecule has 1 amide bonds. The molecule has 2 N–H and O–H groups in total. The summed E-state index contributed by atoms with van der Waals surface area (Å²) in [5.74, 6) is -0.0406. The van der Waals surface area contributed by atoms with Crippen LogP contribution in [0.5, 0.6) is 11.5 Å². The maximum atomic E-state index is 11.6. The van der Waals surface area contributed by atoms with Gasteiger partial charge >= 0.3 is 0 Å². The fourth-order valence-corrected chi connectivity index (χ4v) is 3.87. The van der Waals surface area contributed by atoms with E-state index < -0.39 is 0 Å². The molecule has 5 nitrogen and oxygen atoms in total. The quantitative estimate of drug-likeness (QED) is 0.656. The standard InChI is InChI=1S/C17H18ClNO4/c18-14-8-17(23)16(22)7-11(14)6-15-13-2-1-12(21)5-10(13)3-4-19(15)9-20/h1-2,7-10,13,15,22-23H,3-6H2/t10?,13?,15-/m0/s1. The summed E-state index contributed by atoms with van der Waals surface area (Å²) >= 11 is 6.16. The van der Waals surface area contributed by atoms with Crippen molar-refractivity contribution in [1.29, 1.82) is 0 Å². The summed E-state index contributed by atoms with van der Waals surface area (Å²) in [6.45, 7) is 0.609. The van der Waals surface area contributed by atoms with Crippen molar-refractivity contribution in [3.05, 3.63) is 34.9 Å². The minimum Gasteiger partial charge on any atom is -0.504 e. The number of ketones is 1. The Hall–Kier alpha value is -2.01. The average Bonchev–Trinajstić information content (AvgIpc) is 2.52. The Morgan fingerprint density at radius 3 is 2.78 bits per heavy atom. The number of hydrogen-bond donors (Lipinski definition) is 2. The number of hydrogen-bond acceptors (Lipinski definition) is 4.